The average Bonchev–Trinajstić information content (AvgIpc) is 3.17. The number of nitrogen functional groups attached to an aromatic ring is 1. The SMILES string of the molecule is Nc1nsc(NCCc2ccc(Cl)cc2)c1C1CC1. The maximum atomic E-state index is 5.93. The Morgan fingerprint density at radius 1 is 1.32 bits per heavy atom. The molecule has 1 aliphatic carbocycles. The van der Waals surface area contributed by atoms with Crippen molar-refractivity contribution in [2.45, 2.75) is 25.2 Å². The molecule has 1 fully saturated rings. The highest BCUT2D eigenvalue weighted by Gasteiger charge is 2.30. The maximum absolute atomic E-state index is 5.93. The van der Waals surface area contributed by atoms with Crippen molar-refractivity contribution in [3.8, 4) is 0 Å². The molecule has 1 aliphatic rings. The van der Waals surface area contributed by atoms with Crippen LogP contribution in [0.3, 0.4) is 0 Å². The van der Waals surface area contributed by atoms with Crippen LogP contribution in [0.5, 0.6) is 0 Å². The third kappa shape index (κ3) is 3.01. The summed E-state index contributed by atoms with van der Waals surface area (Å²) in [5.74, 6) is 1.35. The second kappa shape index (κ2) is 5.39. The van der Waals surface area contributed by atoms with Crippen molar-refractivity contribution in [3.05, 3.63) is 40.4 Å². The van der Waals surface area contributed by atoms with Gasteiger partial charge in [0.1, 0.15) is 10.8 Å². The number of halogens is 1. The molecule has 0 unspecified atom stereocenters. The summed E-state index contributed by atoms with van der Waals surface area (Å²) in [6.07, 6.45) is 3.46. The first-order chi connectivity index (χ1) is 9.24. The highest BCUT2D eigenvalue weighted by atomic mass is 35.5. The van der Waals surface area contributed by atoms with Crippen LogP contribution in [-0.2, 0) is 6.42 Å². The Bertz CT molecular complexity index is 561. The molecule has 1 aromatic heterocycles. The van der Waals surface area contributed by atoms with E-state index >= 15 is 0 Å². The molecule has 1 saturated carbocycles. The van der Waals surface area contributed by atoms with Crippen molar-refractivity contribution < 1.29 is 0 Å². The maximum Gasteiger partial charge on any atom is 0.142 e. The zero-order valence-corrected chi connectivity index (χ0v) is 12.1. The van der Waals surface area contributed by atoms with E-state index in [4.69, 9.17) is 17.3 Å². The van der Waals surface area contributed by atoms with Crippen LogP contribution < -0.4 is 11.1 Å². The molecule has 0 atom stereocenters. The molecule has 0 aliphatic heterocycles. The van der Waals surface area contributed by atoms with E-state index in [0.717, 1.165) is 23.0 Å². The Kier molecular flexibility index (Phi) is 3.62. The smallest absolute Gasteiger partial charge is 0.142 e. The molecule has 100 valence electrons. The van der Waals surface area contributed by atoms with Crippen molar-refractivity contribution in [1.82, 2.24) is 4.37 Å². The highest BCUT2D eigenvalue weighted by molar-refractivity contribution is 7.10. The van der Waals surface area contributed by atoms with Gasteiger partial charge in [0.15, 0.2) is 0 Å². The Labute approximate surface area is 122 Å². The van der Waals surface area contributed by atoms with E-state index in [0.29, 0.717) is 11.7 Å². The molecule has 1 aromatic carbocycles. The molecule has 0 radical (unpaired) electrons. The predicted octanol–water partition coefficient (Wildman–Crippen LogP) is 3.91. The molecule has 0 amide bonds. The van der Waals surface area contributed by atoms with Crippen molar-refractivity contribution in [2.24, 2.45) is 0 Å². The number of hydrogen-bond donors (Lipinski definition) is 2. The van der Waals surface area contributed by atoms with Gasteiger partial charge in [-0.15, -0.1) is 0 Å². The van der Waals surface area contributed by atoms with Crippen LogP contribution in [0.15, 0.2) is 24.3 Å². The van der Waals surface area contributed by atoms with E-state index in [1.54, 1.807) is 0 Å². The van der Waals surface area contributed by atoms with Crippen LogP contribution in [0.25, 0.3) is 0 Å². The van der Waals surface area contributed by atoms with E-state index in [2.05, 4.69) is 21.8 Å². The number of benzene rings is 1. The Hall–Kier alpha value is -1.26. The average molecular weight is 294 g/mol. The van der Waals surface area contributed by atoms with Gasteiger partial charge in [0, 0.05) is 17.1 Å². The van der Waals surface area contributed by atoms with Crippen molar-refractivity contribution in [2.75, 3.05) is 17.6 Å². The third-order valence-electron chi connectivity index (χ3n) is 3.35. The molecule has 2 aromatic rings. The summed E-state index contributed by atoms with van der Waals surface area (Å²) < 4.78 is 4.25. The molecule has 3 N–H and O–H groups in total. The van der Waals surface area contributed by atoms with E-state index in [1.807, 2.05) is 12.1 Å². The fraction of sp³-hybridized carbons (Fsp3) is 0.357. The van der Waals surface area contributed by atoms with Crippen LogP contribution in [0.2, 0.25) is 5.02 Å². The van der Waals surface area contributed by atoms with E-state index in [9.17, 15) is 0 Å². The highest BCUT2D eigenvalue weighted by Crippen LogP contribution is 2.47. The van der Waals surface area contributed by atoms with Gasteiger partial charge < -0.3 is 11.1 Å². The number of hydrogen-bond acceptors (Lipinski definition) is 4. The van der Waals surface area contributed by atoms with E-state index in [1.165, 1.54) is 35.5 Å². The molecule has 3 rings (SSSR count). The monoisotopic (exact) mass is 293 g/mol. The largest absolute Gasteiger partial charge is 0.383 e. The minimum atomic E-state index is 0.636. The summed E-state index contributed by atoms with van der Waals surface area (Å²) in [6.45, 7) is 0.892. The first kappa shape index (κ1) is 12.8. The number of anilines is 2. The van der Waals surface area contributed by atoms with E-state index in [-0.39, 0.29) is 0 Å². The molecular weight excluding hydrogens is 278 g/mol. The van der Waals surface area contributed by atoms with Crippen LogP contribution in [0.4, 0.5) is 10.8 Å². The molecule has 3 nitrogen and oxygen atoms in total. The third-order valence-corrected chi connectivity index (χ3v) is 4.44. The van der Waals surface area contributed by atoms with Gasteiger partial charge in [-0.3, -0.25) is 0 Å². The summed E-state index contributed by atoms with van der Waals surface area (Å²) in [4.78, 5) is 0. The van der Waals surface area contributed by atoms with Crippen LogP contribution >= 0.6 is 23.1 Å². The molecule has 0 saturated heterocycles. The molecule has 0 bridgehead atoms. The first-order valence-electron chi connectivity index (χ1n) is 6.47. The zero-order valence-electron chi connectivity index (χ0n) is 10.5. The van der Waals surface area contributed by atoms with Gasteiger partial charge in [-0.1, -0.05) is 23.7 Å². The van der Waals surface area contributed by atoms with Gasteiger partial charge in [0.25, 0.3) is 0 Å². The number of nitrogens with one attached hydrogen (secondary N) is 1. The minimum Gasteiger partial charge on any atom is -0.383 e. The van der Waals surface area contributed by atoms with Crippen LogP contribution in [0, 0.1) is 0 Å². The van der Waals surface area contributed by atoms with Crippen molar-refractivity contribution >= 4 is 34.0 Å². The van der Waals surface area contributed by atoms with Gasteiger partial charge >= 0.3 is 0 Å². The lowest BCUT2D eigenvalue weighted by molar-refractivity contribution is 1.02. The molecular formula is C14H16ClN3S. The second-order valence-corrected chi connectivity index (χ2v) is 6.10. The number of nitrogens with zero attached hydrogens (tertiary/aromatic N) is 1. The summed E-state index contributed by atoms with van der Waals surface area (Å²) in [5, 5.41) is 5.39. The fourth-order valence-electron chi connectivity index (χ4n) is 2.17. The molecule has 0 spiro atoms. The number of aromatic nitrogens is 1. The molecule has 5 heteroatoms. The zero-order chi connectivity index (χ0) is 13.2. The standard InChI is InChI=1S/C14H16ClN3S/c15-11-5-1-9(2-6-11)7-8-17-14-12(10-3-4-10)13(16)18-19-14/h1-2,5-6,10,17H,3-4,7-8H2,(H2,16,18). The Balaban J connectivity index is 1.59. The van der Waals surface area contributed by atoms with Crippen molar-refractivity contribution in [1.29, 1.82) is 0 Å². The normalized spacial score (nSPS) is 14.6. The summed E-state index contributed by atoms with van der Waals surface area (Å²) in [7, 11) is 0. The Morgan fingerprint density at radius 2 is 2.05 bits per heavy atom. The minimum absolute atomic E-state index is 0.636. The van der Waals surface area contributed by atoms with Gasteiger partial charge in [0.2, 0.25) is 0 Å². The summed E-state index contributed by atoms with van der Waals surface area (Å²) in [6, 6.07) is 7.98. The lowest BCUT2D eigenvalue weighted by atomic mass is 10.1. The number of rotatable bonds is 5. The second-order valence-electron chi connectivity index (χ2n) is 4.89. The van der Waals surface area contributed by atoms with Crippen LogP contribution in [0.1, 0.15) is 29.9 Å². The first-order valence-corrected chi connectivity index (χ1v) is 7.62. The van der Waals surface area contributed by atoms with E-state index < -0.39 is 0 Å². The summed E-state index contributed by atoms with van der Waals surface area (Å²) >= 11 is 7.35. The van der Waals surface area contributed by atoms with Crippen LogP contribution in [-0.4, -0.2) is 10.9 Å². The predicted molar refractivity (Wildman–Crippen MR) is 82.1 cm³/mol. The fourth-order valence-corrected chi connectivity index (χ4v) is 3.13. The van der Waals surface area contributed by atoms with Gasteiger partial charge in [-0.05, 0) is 54.4 Å². The summed E-state index contributed by atoms with van der Waals surface area (Å²) in [5.41, 5.74) is 8.44. The van der Waals surface area contributed by atoms with Crippen molar-refractivity contribution in [3.63, 3.8) is 0 Å². The lowest BCUT2D eigenvalue weighted by Crippen LogP contribution is -2.05. The lowest BCUT2D eigenvalue weighted by Gasteiger charge is -2.06. The van der Waals surface area contributed by atoms with Gasteiger partial charge in [0.05, 0.1) is 0 Å². The van der Waals surface area contributed by atoms with Gasteiger partial charge in [-0.25, -0.2) is 0 Å². The molecule has 1 heterocycles. The van der Waals surface area contributed by atoms with Gasteiger partial charge in [-0.2, -0.15) is 4.37 Å². The quantitative estimate of drug-likeness (QED) is 0.879. The molecule has 19 heavy (non-hydrogen) atoms. The topological polar surface area (TPSA) is 50.9 Å². The number of nitrogens with two attached hydrogens (primary N) is 1. The Morgan fingerprint density at radius 3 is 2.74 bits per heavy atom.